The van der Waals surface area contributed by atoms with Crippen molar-refractivity contribution in [2.75, 3.05) is 12.1 Å². The van der Waals surface area contributed by atoms with Gasteiger partial charge < -0.3 is 14.8 Å². The Kier molecular flexibility index (Phi) is 3.19. The summed E-state index contributed by atoms with van der Waals surface area (Å²) in [6.45, 7) is 4.07. The molecule has 0 aliphatic carbocycles. The molecule has 0 spiro atoms. The molecule has 1 aliphatic heterocycles. The van der Waals surface area contributed by atoms with Gasteiger partial charge in [-0.1, -0.05) is 6.58 Å². The van der Waals surface area contributed by atoms with Gasteiger partial charge in [-0.05, 0) is 0 Å². The van der Waals surface area contributed by atoms with Crippen molar-refractivity contribution < 1.29 is 14.4 Å². The molecule has 1 aromatic carbocycles. The van der Waals surface area contributed by atoms with Gasteiger partial charge in [0.1, 0.15) is 5.69 Å². The molecule has 8 heteroatoms. The van der Waals surface area contributed by atoms with Crippen molar-refractivity contribution in [2.24, 2.45) is 0 Å². The second-order valence-electron chi connectivity index (χ2n) is 4.34. The maximum absolute atomic E-state index is 11.1. The van der Waals surface area contributed by atoms with Gasteiger partial charge in [-0.15, -0.1) is 0 Å². The van der Waals surface area contributed by atoms with E-state index >= 15 is 0 Å². The maximum Gasteiger partial charge on any atom is 0.296 e. The lowest BCUT2D eigenvalue weighted by Crippen LogP contribution is -2.02. The summed E-state index contributed by atoms with van der Waals surface area (Å²) in [6, 6.07) is 2.93. The second kappa shape index (κ2) is 5.16. The van der Waals surface area contributed by atoms with Crippen LogP contribution in [0.25, 0.3) is 6.20 Å². The minimum atomic E-state index is -0.461. The molecule has 1 N–H and O–H groups in total. The molecular weight excluding hydrogens is 276 g/mol. The van der Waals surface area contributed by atoms with Gasteiger partial charge in [0.05, 0.1) is 17.2 Å². The van der Waals surface area contributed by atoms with Crippen molar-refractivity contribution in [3.8, 4) is 11.5 Å². The summed E-state index contributed by atoms with van der Waals surface area (Å²) in [6.07, 6.45) is 5.00. The van der Waals surface area contributed by atoms with E-state index in [9.17, 15) is 10.1 Å². The van der Waals surface area contributed by atoms with Crippen LogP contribution in [0.3, 0.4) is 0 Å². The smallest absolute Gasteiger partial charge is 0.296 e. The van der Waals surface area contributed by atoms with Crippen LogP contribution < -0.4 is 14.8 Å². The average Bonchev–Trinajstić information content (AvgIpc) is 3.12. The predicted molar refractivity (Wildman–Crippen MR) is 75.2 cm³/mol. The highest BCUT2D eigenvalue weighted by Crippen LogP contribution is 2.40. The molecule has 2 heterocycles. The zero-order valence-corrected chi connectivity index (χ0v) is 11.0. The van der Waals surface area contributed by atoms with E-state index in [1.54, 1.807) is 29.3 Å². The van der Waals surface area contributed by atoms with Crippen molar-refractivity contribution in [1.82, 2.24) is 9.78 Å². The number of rotatable bonds is 5. The van der Waals surface area contributed by atoms with Crippen LogP contribution in [0.2, 0.25) is 0 Å². The van der Waals surface area contributed by atoms with Gasteiger partial charge in [-0.2, -0.15) is 5.10 Å². The van der Waals surface area contributed by atoms with E-state index in [-0.39, 0.29) is 12.5 Å². The first-order valence-corrected chi connectivity index (χ1v) is 6.15. The lowest BCUT2D eigenvalue weighted by Gasteiger charge is -2.07. The Labute approximate surface area is 119 Å². The maximum atomic E-state index is 11.1. The molecular formula is C13H12N4O4. The predicted octanol–water partition coefficient (Wildman–Crippen LogP) is 2.23. The molecule has 0 bridgehead atoms. The molecule has 3 rings (SSSR count). The Morgan fingerprint density at radius 3 is 2.90 bits per heavy atom. The number of nitrogens with one attached hydrogen (secondary N) is 1. The zero-order chi connectivity index (χ0) is 14.8. The Hall–Kier alpha value is -3.03. The van der Waals surface area contributed by atoms with Gasteiger partial charge in [0.2, 0.25) is 6.79 Å². The third-order valence-electron chi connectivity index (χ3n) is 3.01. The highest BCUT2D eigenvalue weighted by atomic mass is 16.7. The normalized spacial score (nSPS) is 12.2. The summed E-state index contributed by atoms with van der Waals surface area (Å²) in [5, 5.41) is 18.2. The van der Waals surface area contributed by atoms with Crippen LogP contribution in [0, 0.1) is 10.1 Å². The molecule has 0 saturated heterocycles. The average molecular weight is 288 g/mol. The topological polar surface area (TPSA) is 91.5 Å². The van der Waals surface area contributed by atoms with Crippen molar-refractivity contribution >= 4 is 17.6 Å². The third-order valence-corrected chi connectivity index (χ3v) is 3.01. The van der Waals surface area contributed by atoms with Crippen LogP contribution >= 0.6 is 0 Å². The number of nitro benzene ring substituents is 1. The van der Waals surface area contributed by atoms with Gasteiger partial charge in [0.15, 0.2) is 11.5 Å². The van der Waals surface area contributed by atoms with Gasteiger partial charge >= 0.3 is 0 Å². The number of benzene rings is 1. The Morgan fingerprint density at radius 1 is 1.48 bits per heavy atom. The SMILES string of the molecule is C=Cn1cc(CNc2cc3c(cc2[N+](=O)[O-])OCO3)cn1. The summed E-state index contributed by atoms with van der Waals surface area (Å²) in [5.41, 5.74) is 1.19. The van der Waals surface area contributed by atoms with Crippen LogP contribution in [0.15, 0.2) is 31.1 Å². The first-order chi connectivity index (χ1) is 10.2. The van der Waals surface area contributed by atoms with Gasteiger partial charge in [0, 0.05) is 30.6 Å². The van der Waals surface area contributed by atoms with E-state index < -0.39 is 4.92 Å². The standard InChI is InChI=1S/C13H12N4O4/c1-2-16-7-9(6-15-16)5-14-10-3-12-13(21-8-20-12)4-11(10)17(18)19/h2-4,6-7,14H,1,5,8H2. The van der Waals surface area contributed by atoms with E-state index in [0.717, 1.165) is 5.56 Å². The lowest BCUT2D eigenvalue weighted by molar-refractivity contribution is -0.384. The van der Waals surface area contributed by atoms with Crippen molar-refractivity contribution in [1.29, 1.82) is 0 Å². The van der Waals surface area contributed by atoms with Gasteiger partial charge in [-0.3, -0.25) is 10.1 Å². The van der Waals surface area contributed by atoms with Gasteiger partial charge in [0.25, 0.3) is 5.69 Å². The fourth-order valence-corrected chi connectivity index (χ4v) is 1.99. The first kappa shape index (κ1) is 13.0. The summed E-state index contributed by atoms with van der Waals surface area (Å²) in [5.74, 6) is 0.872. The highest BCUT2D eigenvalue weighted by Gasteiger charge is 2.23. The van der Waals surface area contributed by atoms with Crippen LogP contribution in [0.4, 0.5) is 11.4 Å². The van der Waals surface area contributed by atoms with E-state index in [1.807, 2.05) is 0 Å². The number of fused-ring (bicyclic) bond motifs is 1. The molecule has 21 heavy (non-hydrogen) atoms. The minimum absolute atomic E-state index is 0.0598. The highest BCUT2D eigenvalue weighted by molar-refractivity contribution is 5.69. The molecule has 1 aliphatic rings. The molecule has 0 fully saturated rings. The quantitative estimate of drug-likeness (QED) is 0.670. The van der Waals surface area contributed by atoms with Crippen LogP contribution in [0.5, 0.6) is 11.5 Å². The molecule has 0 saturated carbocycles. The Bertz CT molecular complexity index is 710. The molecule has 2 aromatic rings. The summed E-state index contributed by atoms with van der Waals surface area (Å²) < 4.78 is 11.9. The zero-order valence-electron chi connectivity index (χ0n) is 11.0. The van der Waals surface area contributed by atoms with Crippen LogP contribution in [-0.4, -0.2) is 21.5 Å². The van der Waals surface area contributed by atoms with Crippen molar-refractivity contribution in [2.45, 2.75) is 6.54 Å². The second-order valence-corrected chi connectivity index (χ2v) is 4.34. The fourth-order valence-electron chi connectivity index (χ4n) is 1.99. The Morgan fingerprint density at radius 2 is 2.24 bits per heavy atom. The number of hydrogen-bond acceptors (Lipinski definition) is 6. The van der Waals surface area contributed by atoms with Crippen LogP contribution in [-0.2, 0) is 6.54 Å². The number of aromatic nitrogens is 2. The molecule has 1 aromatic heterocycles. The molecule has 0 radical (unpaired) electrons. The number of anilines is 1. The molecule has 0 unspecified atom stereocenters. The minimum Gasteiger partial charge on any atom is -0.454 e. The molecule has 8 nitrogen and oxygen atoms in total. The van der Waals surface area contributed by atoms with E-state index in [2.05, 4.69) is 17.0 Å². The summed E-state index contributed by atoms with van der Waals surface area (Å²) in [4.78, 5) is 10.7. The molecule has 0 atom stereocenters. The van der Waals surface area contributed by atoms with E-state index in [0.29, 0.717) is 23.7 Å². The molecule has 108 valence electrons. The number of hydrogen-bond donors (Lipinski definition) is 1. The monoisotopic (exact) mass is 288 g/mol. The number of nitrogens with zero attached hydrogens (tertiary/aromatic N) is 3. The molecule has 0 amide bonds. The summed E-state index contributed by atoms with van der Waals surface area (Å²) in [7, 11) is 0. The number of ether oxygens (including phenoxy) is 2. The third kappa shape index (κ3) is 2.50. The van der Waals surface area contributed by atoms with Crippen molar-refractivity contribution in [3.63, 3.8) is 0 Å². The van der Waals surface area contributed by atoms with Crippen LogP contribution in [0.1, 0.15) is 5.56 Å². The largest absolute Gasteiger partial charge is 0.454 e. The number of nitro groups is 1. The van der Waals surface area contributed by atoms with Crippen molar-refractivity contribution in [3.05, 3.63) is 46.8 Å². The first-order valence-electron chi connectivity index (χ1n) is 6.15. The fraction of sp³-hybridized carbons (Fsp3) is 0.154. The lowest BCUT2D eigenvalue weighted by atomic mass is 10.2. The van der Waals surface area contributed by atoms with E-state index in [1.165, 1.54) is 6.07 Å². The van der Waals surface area contributed by atoms with E-state index in [4.69, 9.17) is 9.47 Å². The summed E-state index contributed by atoms with van der Waals surface area (Å²) >= 11 is 0. The van der Waals surface area contributed by atoms with Gasteiger partial charge in [-0.25, -0.2) is 4.68 Å². The Balaban J connectivity index is 1.83.